The molecule has 3 aliphatic rings. The van der Waals surface area contributed by atoms with Gasteiger partial charge in [-0.05, 0) is 52.0 Å². The van der Waals surface area contributed by atoms with E-state index in [2.05, 4.69) is 29.4 Å². The van der Waals surface area contributed by atoms with Gasteiger partial charge in [0.15, 0.2) is 0 Å². The number of fused-ring (bicyclic) bond motifs is 2. The highest BCUT2D eigenvalue weighted by molar-refractivity contribution is 5.03. The molecular weight excluding hydrogens is 196 g/mol. The number of nitrogens with zero attached hydrogens (tertiary/aromatic N) is 1. The Kier molecular flexibility index (Phi) is 3.03. The van der Waals surface area contributed by atoms with E-state index in [4.69, 9.17) is 0 Å². The lowest BCUT2D eigenvalue weighted by Gasteiger charge is -2.44. The van der Waals surface area contributed by atoms with Crippen LogP contribution in [0.5, 0.6) is 0 Å². The molecule has 0 radical (unpaired) electrons. The maximum Gasteiger partial charge on any atom is 0.0139 e. The van der Waals surface area contributed by atoms with E-state index in [1.807, 2.05) is 0 Å². The van der Waals surface area contributed by atoms with Crippen molar-refractivity contribution in [3.8, 4) is 0 Å². The molecule has 0 saturated carbocycles. The molecule has 0 aromatic heterocycles. The molecule has 0 spiro atoms. The summed E-state index contributed by atoms with van der Waals surface area (Å²) in [5.41, 5.74) is 0. The second kappa shape index (κ2) is 4.50. The van der Waals surface area contributed by atoms with Crippen LogP contribution in [0.1, 0.15) is 44.9 Å². The minimum atomic E-state index is 0.785. The summed E-state index contributed by atoms with van der Waals surface area (Å²) in [4.78, 5) is 2.89. The van der Waals surface area contributed by atoms with E-state index in [1.165, 1.54) is 44.9 Å². The summed E-state index contributed by atoms with van der Waals surface area (Å²) < 4.78 is 0. The van der Waals surface area contributed by atoms with Crippen LogP contribution in [0.3, 0.4) is 0 Å². The van der Waals surface area contributed by atoms with Gasteiger partial charge < -0.3 is 5.32 Å². The lowest BCUT2D eigenvalue weighted by atomic mass is 9.91. The average Bonchev–Trinajstić information content (AvgIpc) is 2.61. The summed E-state index contributed by atoms with van der Waals surface area (Å²) in [6.45, 7) is 0. The molecule has 90 valence electrons. The van der Waals surface area contributed by atoms with Gasteiger partial charge in [0.05, 0.1) is 0 Å². The SMILES string of the molecule is CNC1CC2CCC(C1)N2C1CC=CCC1. The maximum absolute atomic E-state index is 3.49. The smallest absolute Gasteiger partial charge is 0.0139 e. The van der Waals surface area contributed by atoms with Crippen LogP contribution < -0.4 is 5.32 Å². The standard InChI is InChI=1S/C14H24N2/c1-15-11-9-13-7-8-14(10-11)16(13)12-5-3-2-4-6-12/h2-3,11-15H,4-10H2,1H3. The van der Waals surface area contributed by atoms with Crippen molar-refractivity contribution in [2.45, 2.75) is 69.1 Å². The Bertz CT molecular complexity index is 260. The number of nitrogens with one attached hydrogen (secondary N) is 1. The number of hydrogen-bond acceptors (Lipinski definition) is 2. The quantitative estimate of drug-likeness (QED) is 0.718. The molecule has 2 heteroatoms. The predicted octanol–water partition coefficient (Wildman–Crippen LogP) is 2.31. The Morgan fingerprint density at radius 1 is 1.00 bits per heavy atom. The summed E-state index contributed by atoms with van der Waals surface area (Å²) in [6.07, 6.45) is 14.4. The normalized spacial score (nSPS) is 43.8. The molecule has 1 N–H and O–H groups in total. The molecule has 2 fully saturated rings. The summed E-state index contributed by atoms with van der Waals surface area (Å²) in [5, 5.41) is 3.49. The third-order valence-corrected chi connectivity index (χ3v) is 4.86. The van der Waals surface area contributed by atoms with E-state index in [-0.39, 0.29) is 0 Å². The van der Waals surface area contributed by atoms with Crippen LogP contribution in [0.2, 0.25) is 0 Å². The van der Waals surface area contributed by atoms with E-state index >= 15 is 0 Å². The first-order valence-electron chi connectivity index (χ1n) is 6.98. The van der Waals surface area contributed by atoms with Crippen LogP contribution in [-0.2, 0) is 0 Å². The van der Waals surface area contributed by atoms with Gasteiger partial charge in [0.2, 0.25) is 0 Å². The van der Waals surface area contributed by atoms with Gasteiger partial charge in [-0.3, -0.25) is 4.90 Å². The van der Waals surface area contributed by atoms with E-state index in [0.29, 0.717) is 0 Å². The van der Waals surface area contributed by atoms with Crippen LogP contribution in [0.25, 0.3) is 0 Å². The lowest BCUT2D eigenvalue weighted by Crippen LogP contribution is -2.52. The van der Waals surface area contributed by atoms with Crippen LogP contribution in [0, 0.1) is 0 Å². The van der Waals surface area contributed by atoms with Crippen LogP contribution >= 0.6 is 0 Å². The largest absolute Gasteiger partial charge is 0.317 e. The molecular formula is C14H24N2. The molecule has 2 nitrogen and oxygen atoms in total. The fourth-order valence-electron chi connectivity index (χ4n) is 4.09. The van der Waals surface area contributed by atoms with Crippen molar-refractivity contribution in [3.05, 3.63) is 12.2 Å². The van der Waals surface area contributed by atoms with Gasteiger partial charge >= 0.3 is 0 Å². The number of allylic oxidation sites excluding steroid dienone is 1. The second-order valence-electron chi connectivity index (χ2n) is 5.73. The van der Waals surface area contributed by atoms with Crippen LogP contribution in [0.15, 0.2) is 12.2 Å². The van der Waals surface area contributed by atoms with Gasteiger partial charge in [-0.1, -0.05) is 12.2 Å². The molecule has 1 aliphatic carbocycles. The highest BCUT2D eigenvalue weighted by Gasteiger charge is 2.42. The third kappa shape index (κ3) is 1.82. The van der Waals surface area contributed by atoms with E-state index < -0.39 is 0 Å². The Morgan fingerprint density at radius 2 is 1.75 bits per heavy atom. The Hall–Kier alpha value is -0.340. The summed E-state index contributed by atoms with van der Waals surface area (Å²) in [6, 6.07) is 3.41. The van der Waals surface area contributed by atoms with E-state index in [9.17, 15) is 0 Å². The summed E-state index contributed by atoms with van der Waals surface area (Å²) >= 11 is 0. The van der Waals surface area contributed by atoms with Gasteiger partial charge in [-0.2, -0.15) is 0 Å². The summed E-state index contributed by atoms with van der Waals surface area (Å²) in [7, 11) is 2.13. The molecule has 3 atom stereocenters. The molecule has 2 bridgehead atoms. The fraction of sp³-hybridized carbons (Fsp3) is 0.857. The van der Waals surface area contributed by atoms with Crippen molar-refractivity contribution in [2.75, 3.05) is 7.05 Å². The van der Waals surface area contributed by atoms with Gasteiger partial charge in [0.25, 0.3) is 0 Å². The molecule has 2 saturated heterocycles. The zero-order valence-electron chi connectivity index (χ0n) is 10.4. The minimum Gasteiger partial charge on any atom is -0.317 e. The number of rotatable bonds is 2. The molecule has 3 rings (SSSR count). The monoisotopic (exact) mass is 220 g/mol. The summed E-state index contributed by atoms with van der Waals surface area (Å²) in [5.74, 6) is 0. The first-order valence-corrected chi connectivity index (χ1v) is 6.98. The molecule has 0 aromatic rings. The maximum atomic E-state index is 3.49. The van der Waals surface area contributed by atoms with Gasteiger partial charge in [-0.25, -0.2) is 0 Å². The van der Waals surface area contributed by atoms with Crippen LogP contribution in [0.4, 0.5) is 0 Å². The second-order valence-corrected chi connectivity index (χ2v) is 5.73. The molecule has 0 amide bonds. The molecule has 0 aromatic carbocycles. The minimum absolute atomic E-state index is 0.785. The Balaban J connectivity index is 1.70. The number of piperidine rings is 1. The first-order chi connectivity index (χ1) is 7.88. The molecule has 2 heterocycles. The van der Waals surface area contributed by atoms with Crippen molar-refractivity contribution < 1.29 is 0 Å². The average molecular weight is 220 g/mol. The van der Waals surface area contributed by atoms with Gasteiger partial charge in [0.1, 0.15) is 0 Å². The van der Waals surface area contributed by atoms with Gasteiger partial charge in [0, 0.05) is 24.2 Å². The van der Waals surface area contributed by atoms with Crippen LogP contribution in [-0.4, -0.2) is 36.1 Å². The zero-order chi connectivity index (χ0) is 11.0. The Labute approximate surface area is 99.1 Å². The fourth-order valence-corrected chi connectivity index (χ4v) is 4.09. The van der Waals surface area contributed by atoms with Crippen molar-refractivity contribution in [1.29, 1.82) is 0 Å². The zero-order valence-corrected chi connectivity index (χ0v) is 10.4. The predicted molar refractivity (Wildman–Crippen MR) is 67.5 cm³/mol. The topological polar surface area (TPSA) is 15.3 Å². The highest BCUT2D eigenvalue weighted by Crippen LogP contribution is 2.39. The molecule has 16 heavy (non-hydrogen) atoms. The van der Waals surface area contributed by atoms with Crippen molar-refractivity contribution in [1.82, 2.24) is 10.2 Å². The van der Waals surface area contributed by atoms with E-state index in [1.54, 1.807) is 0 Å². The van der Waals surface area contributed by atoms with Crippen molar-refractivity contribution in [2.24, 2.45) is 0 Å². The molecule has 3 unspecified atom stereocenters. The number of hydrogen-bond donors (Lipinski definition) is 1. The third-order valence-electron chi connectivity index (χ3n) is 4.86. The van der Waals surface area contributed by atoms with Gasteiger partial charge in [-0.15, -0.1) is 0 Å². The molecule has 2 aliphatic heterocycles. The highest BCUT2D eigenvalue weighted by atomic mass is 15.3. The van der Waals surface area contributed by atoms with Crippen molar-refractivity contribution in [3.63, 3.8) is 0 Å². The Morgan fingerprint density at radius 3 is 2.31 bits per heavy atom. The van der Waals surface area contributed by atoms with Crippen molar-refractivity contribution >= 4 is 0 Å². The lowest BCUT2D eigenvalue weighted by molar-refractivity contribution is 0.0666. The van der Waals surface area contributed by atoms with E-state index in [0.717, 1.165) is 24.2 Å². The first kappa shape index (κ1) is 10.8.